The number of carbonyl (C=O) groups excluding carboxylic acids is 1. The van der Waals surface area contributed by atoms with Crippen LogP contribution in [-0.2, 0) is 0 Å². The third-order valence-electron chi connectivity index (χ3n) is 3.22. The lowest BCUT2D eigenvalue weighted by molar-refractivity contribution is 0.0698. The molecule has 0 aliphatic rings. The van der Waals surface area contributed by atoms with E-state index in [0.717, 1.165) is 22.5 Å². The molecule has 5 nitrogen and oxygen atoms in total. The molecule has 0 aliphatic carbocycles. The van der Waals surface area contributed by atoms with E-state index < -0.39 is 5.97 Å². The third kappa shape index (κ3) is 2.90. The van der Waals surface area contributed by atoms with Gasteiger partial charge in [0.05, 0.1) is 10.4 Å². The second kappa shape index (κ2) is 5.57. The number of aromatic carboxylic acids is 1. The summed E-state index contributed by atoms with van der Waals surface area (Å²) in [5.74, 6) is -1.46. The molecule has 0 unspecified atom stereocenters. The van der Waals surface area contributed by atoms with E-state index in [4.69, 9.17) is 10.8 Å². The number of nitrogens with two attached hydrogens (primary N) is 1. The van der Waals surface area contributed by atoms with Gasteiger partial charge in [0.1, 0.15) is 5.00 Å². The Bertz CT molecular complexity index is 735. The van der Waals surface area contributed by atoms with E-state index in [0.29, 0.717) is 16.1 Å². The van der Waals surface area contributed by atoms with Crippen LogP contribution < -0.4 is 11.1 Å². The van der Waals surface area contributed by atoms with Crippen molar-refractivity contribution in [1.82, 2.24) is 0 Å². The Morgan fingerprint density at radius 1 is 1.24 bits per heavy atom. The molecule has 21 heavy (non-hydrogen) atoms. The van der Waals surface area contributed by atoms with E-state index in [1.807, 2.05) is 32.0 Å². The van der Waals surface area contributed by atoms with Crippen molar-refractivity contribution in [2.75, 3.05) is 11.1 Å². The zero-order valence-corrected chi connectivity index (χ0v) is 12.8. The van der Waals surface area contributed by atoms with Crippen molar-refractivity contribution in [1.29, 1.82) is 0 Å². The predicted octanol–water partition coefficient (Wildman–Crippen LogP) is 3.21. The van der Waals surface area contributed by atoms with Crippen LogP contribution in [0.2, 0.25) is 0 Å². The van der Waals surface area contributed by atoms with Gasteiger partial charge in [-0.2, -0.15) is 0 Å². The normalized spacial score (nSPS) is 10.4. The van der Waals surface area contributed by atoms with Gasteiger partial charge in [0.2, 0.25) is 0 Å². The fourth-order valence-electron chi connectivity index (χ4n) is 2.15. The van der Waals surface area contributed by atoms with Crippen molar-refractivity contribution < 1.29 is 14.7 Å². The molecule has 1 aromatic carbocycles. The number of aryl methyl sites for hydroxylation is 2. The van der Waals surface area contributed by atoms with Gasteiger partial charge in [-0.3, -0.25) is 4.79 Å². The lowest BCUT2D eigenvalue weighted by atomic mass is 10.1. The molecule has 4 N–H and O–H groups in total. The van der Waals surface area contributed by atoms with Crippen LogP contribution in [0.25, 0.3) is 0 Å². The maximum atomic E-state index is 12.3. The standard InChI is InChI=1S/C15H16N2O3S/c1-7-4-5-10(8(2)6-7)17-14(18)12-9(3)11(15(19)20)13(16)21-12/h4-6H,16H2,1-3H3,(H,17,18)(H,19,20). The van der Waals surface area contributed by atoms with E-state index in [-0.39, 0.29) is 16.5 Å². The second-order valence-corrected chi connectivity index (χ2v) is 5.93. The summed E-state index contributed by atoms with van der Waals surface area (Å²) in [5, 5.41) is 12.0. The highest BCUT2D eigenvalue weighted by Crippen LogP contribution is 2.31. The molecule has 1 amide bonds. The number of carboxylic acids is 1. The first-order chi connectivity index (χ1) is 9.81. The molecule has 0 spiro atoms. The second-order valence-electron chi connectivity index (χ2n) is 4.87. The molecular formula is C15H16N2O3S. The van der Waals surface area contributed by atoms with E-state index in [9.17, 15) is 9.59 Å². The Kier molecular flexibility index (Phi) is 3.99. The summed E-state index contributed by atoms with van der Waals surface area (Å²) in [4.78, 5) is 23.8. The summed E-state index contributed by atoms with van der Waals surface area (Å²) in [6.07, 6.45) is 0. The van der Waals surface area contributed by atoms with Crippen molar-refractivity contribution >= 4 is 33.9 Å². The number of nitrogens with one attached hydrogen (secondary N) is 1. The van der Waals surface area contributed by atoms with Crippen molar-refractivity contribution in [3.63, 3.8) is 0 Å². The molecule has 0 aliphatic heterocycles. The zero-order chi connectivity index (χ0) is 15.7. The first-order valence-corrected chi connectivity index (χ1v) is 7.13. The van der Waals surface area contributed by atoms with Crippen molar-refractivity contribution in [2.24, 2.45) is 0 Å². The molecular weight excluding hydrogens is 288 g/mol. The molecule has 0 atom stereocenters. The van der Waals surface area contributed by atoms with E-state index in [2.05, 4.69) is 5.32 Å². The summed E-state index contributed by atoms with van der Waals surface area (Å²) in [6, 6.07) is 5.70. The molecule has 0 bridgehead atoms. The SMILES string of the molecule is Cc1ccc(NC(=O)c2sc(N)c(C(=O)O)c2C)c(C)c1. The summed E-state index contributed by atoms with van der Waals surface area (Å²) in [7, 11) is 0. The van der Waals surface area contributed by atoms with E-state index in [1.165, 1.54) is 0 Å². The van der Waals surface area contributed by atoms with E-state index in [1.54, 1.807) is 6.92 Å². The molecule has 0 saturated heterocycles. The minimum absolute atomic E-state index is 0.00535. The molecule has 1 heterocycles. The molecule has 6 heteroatoms. The molecule has 1 aromatic heterocycles. The Morgan fingerprint density at radius 2 is 1.90 bits per heavy atom. The monoisotopic (exact) mass is 304 g/mol. The molecule has 0 radical (unpaired) electrons. The first kappa shape index (κ1) is 15.1. The largest absolute Gasteiger partial charge is 0.478 e. The lowest BCUT2D eigenvalue weighted by Gasteiger charge is -2.08. The topological polar surface area (TPSA) is 92.4 Å². The smallest absolute Gasteiger partial charge is 0.338 e. The first-order valence-electron chi connectivity index (χ1n) is 6.32. The number of hydrogen-bond donors (Lipinski definition) is 3. The molecule has 110 valence electrons. The fraction of sp³-hybridized carbons (Fsp3) is 0.200. The van der Waals surface area contributed by atoms with Crippen LogP contribution in [-0.4, -0.2) is 17.0 Å². The van der Waals surface area contributed by atoms with Crippen LogP contribution in [0.5, 0.6) is 0 Å². The Hall–Kier alpha value is -2.34. The highest BCUT2D eigenvalue weighted by Gasteiger charge is 2.23. The zero-order valence-electron chi connectivity index (χ0n) is 12.0. The summed E-state index contributed by atoms with van der Waals surface area (Å²) in [5.41, 5.74) is 8.84. The third-order valence-corrected chi connectivity index (χ3v) is 4.34. The van der Waals surface area contributed by atoms with Gasteiger partial charge < -0.3 is 16.2 Å². The van der Waals surface area contributed by atoms with Gasteiger partial charge in [-0.1, -0.05) is 17.7 Å². The van der Waals surface area contributed by atoms with Crippen molar-refractivity contribution in [3.8, 4) is 0 Å². The minimum Gasteiger partial charge on any atom is -0.478 e. The molecule has 0 saturated carbocycles. The Morgan fingerprint density at radius 3 is 2.43 bits per heavy atom. The van der Waals surface area contributed by atoms with Gasteiger partial charge in [0, 0.05) is 5.69 Å². The van der Waals surface area contributed by atoms with Crippen molar-refractivity contribution in [2.45, 2.75) is 20.8 Å². The van der Waals surface area contributed by atoms with Crippen LogP contribution in [0.4, 0.5) is 10.7 Å². The van der Waals surface area contributed by atoms with Gasteiger partial charge >= 0.3 is 5.97 Å². The van der Waals surface area contributed by atoms with Gasteiger partial charge in [-0.15, -0.1) is 11.3 Å². The fourth-order valence-corrected chi connectivity index (χ4v) is 3.11. The highest BCUT2D eigenvalue weighted by molar-refractivity contribution is 7.18. The van der Waals surface area contributed by atoms with Crippen LogP contribution in [0.3, 0.4) is 0 Å². The van der Waals surface area contributed by atoms with Crippen molar-refractivity contribution in [3.05, 3.63) is 45.3 Å². The number of rotatable bonds is 3. The molecule has 2 rings (SSSR count). The lowest BCUT2D eigenvalue weighted by Crippen LogP contribution is -2.13. The minimum atomic E-state index is -1.12. The maximum absolute atomic E-state index is 12.3. The van der Waals surface area contributed by atoms with Crippen LogP contribution >= 0.6 is 11.3 Å². The number of thiophene rings is 1. The number of carbonyl (C=O) groups is 2. The van der Waals surface area contributed by atoms with Gasteiger partial charge in [0.25, 0.3) is 5.91 Å². The summed E-state index contributed by atoms with van der Waals surface area (Å²) in [6.45, 7) is 5.47. The molecule has 0 fully saturated rings. The van der Waals surface area contributed by atoms with Crippen LogP contribution in [0.15, 0.2) is 18.2 Å². The number of benzene rings is 1. The molecule has 2 aromatic rings. The number of amides is 1. The Labute approximate surface area is 126 Å². The highest BCUT2D eigenvalue weighted by atomic mass is 32.1. The van der Waals surface area contributed by atoms with Gasteiger partial charge in [-0.05, 0) is 38.0 Å². The number of nitrogen functional groups attached to an aromatic ring is 1. The average Bonchev–Trinajstić information content (AvgIpc) is 2.68. The maximum Gasteiger partial charge on any atom is 0.338 e. The average molecular weight is 304 g/mol. The quantitative estimate of drug-likeness (QED) is 0.812. The summed E-state index contributed by atoms with van der Waals surface area (Å²) < 4.78 is 0. The van der Waals surface area contributed by atoms with E-state index >= 15 is 0 Å². The number of hydrogen-bond acceptors (Lipinski definition) is 4. The van der Waals surface area contributed by atoms with Crippen LogP contribution in [0.1, 0.15) is 36.7 Å². The predicted molar refractivity (Wildman–Crippen MR) is 84.3 cm³/mol. The van der Waals surface area contributed by atoms with Gasteiger partial charge in [0.15, 0.2) is 0 Å². The number of carboxylic acid groups (broad SMARTS) is 1. The Balaban J connectivity index is 2.33. The summed E-state index contributed by atoms with van der Waals surface area (Å²) >= 11 is 0.991. The van der Waals surface area contributed by atoms with Crippen LogP contribution in [0, 0.1) is 20.8 Å². The number of anilines is 2. The van der Waals surface area contributed by atoms with Gasteiger partial charge in [-0.25, -0.2) is 4.79 Å².